The summed E-state index contributed by atoms with van der Waals surface area (Å²) in [7, 11) is 0. The molecule has 5 nitrogen and oxygen atoms in total. The minimum absolute atomic E-state index is 0.0493. The van der Waals surface area contributed by atoms with Crippen molar-refractivity contribution >= 4 is 12.6 Å². The number of carbonyl (C=O) groups excluding carboxylic acids is 2. The highest BCUT2D eigenvalue weighted by molar-refractivity contribution is 5.95. The van der Waals surface area contributed by atoms with E-state index in [1.165, 1.54) is 5.57 Å². The molecule has 180 valence electrons. The maximum Gasteiger partial charge on any atom is 0.157 e. The lowest BCUT2D eigenvalue weighted by Gasteiger charge is -2.51. The van der Waals surface area contributed by atoms with Gasteiger partial charge < -0.3 is 15.3 Å². The number of allylic oxidation sites excluding steroid dienone is 2. The summed E-state index contributed by atoms with van der Waals surface area (Å²) in [5.41, 5.74) is 1.33. The highest BCUT2D eigenvalue weighted by Gasteiger charge is 2.69. The van der Waals surface area contributed by atoms with Gasteiger partial charge in [0.05, 0.1) is 11.1 Å². The monoisotopic (exact) mass is 454 g/mol. The molecule has 0 aromatic heterocycles. The summed E-state index contributed by atoms with van der Waals surface area (Å²) in [5.74, 6) is 0.453. The highest BCUT2D eigenvalue weighted by atomic mass is 16.3. The van der Waals surface area contributed by atoms with Gasteiger partial charge in [-0.1, -0.05) is 53.2 Å². The third-order valence-corrected chi connectivity index (χ3v) is 9.59. The van der Waals surface area contributed by atoms with Gasteiger partial charge in [-0.3, -0.25) is 9.59 Å². The normalized spacial score (nSPS) is 33.0. The molecule has 1 aromatic carbocycles. The molecule has 4 rings (SSSR count). The van der Waals surface area contributed by atoms with Gasteiger partial charge in [0.2, 0.25) is 0 Å². The molecule has 0 radical (unpaired) electrons. The van der Waals surface area contributed by atoms with Crippen molar-refractivity contribution in [3.05, 3.63) is 28.3 Å². The lowest BCUT2D eigenvalue weighted by Crippen LogP contribution is -2.42. The second kappa shape index (κ2) is 7.89. The standard InChI is InChI=1S/C28H38O5/c1-14(2)11-17(22-24(32)18(12-29)23(31)19(13-30)25(22)33)16-8-7-15(3)28(6)20(16)9-10-21-26(28)27(21,4)5/h9,12-17,21,26,31-33H,7-8,10-11H2,1-6H3/t15-,16-,17-,21-,26+,28+/m1/s1. The molecule has 0 unspecified atom stereocenters. The second-order valence-electron chi connectivity index (χ2n) is 11.9. The van der Waals surface area contributed by atoms with E-state index in [9.17, 15) is 24.9 Å². The van der Waals surface area contributed by atoms with Crippen molar-refractivity contribution in [2.45, 2.75) is 73.1 Å². The molecule has 0 aliphatic heterocycles. The molecule has 1 aromatic rings. The average molecular weight is 455 g/mol. The molecule has 0 amide bonds. The largest absolute Gasteiger partial charge is 0.507 e. The first-order valence-corrected chi connectivity index (χ1v) is 12.3. The van der Waals surface area contributed by atoms with Gasteiger partial charge in [0, 0.05) is 5.56 Å². The second-order valence-corrected chi connectivity index (χ2v) is 11.9. The van der Waals surface area contributed by atoms with Crippen LogP contribution in [0.3, 0.4) is 0 Å². The number of aromatic hydroxyl groups is 3. The Kier molecular flexibility index (Phi) is 5.70. The maximum absolute atomic E-state index is 11.7. The van der Waals surface area contributed by atoms with E-state index in [2.05, 4.69) is 47.6 Å². The number of hydrogen-bond donors (Lipinski definition) is 3. The number of phenols is 3. The SMILES string of the molecule is CC(C)C[C@@H](c1c(O)c(C=O)c(O)c(C=O)c1O)[C@H]1CC[C@@H](C)[C@@]2(C)C1=CC[C@@H]1[C@H]2C1(C)C. The van der Waals surface area contributed by atoms with Crippen molar-refractivity contribution < 1.29 is 24.9 Å². The molecule has 5 heteroatoms. The number of carbonyl (C=O) groups is 2. The number of rotatable bonds is 6. The predicted octanol–water partition coefficient (Wildman–Crippen LogP) is 6.21. The number of phenolic OH excluding ortho intramolecular Hbond substituents is 3. The molecule has 33 heavy (non-hydrogen) atoms. The lowest BCUT2D eigenvalue weighted by atomic mass is 9.53. The highest BCUT2D eigenvalue weighted by Crippen LogP contribution is 2.75. The van der Waals surface area contributed by atoms with Crippen LogP contribution < -0.4 is 0 Å². The van der Waals surface area contributed by atoms with Crippen LogP contribution in [-0.4, -0.2) is 27.9 Å². The summed E-state index contributed by atoms with van der Waals surface area (Å²) >= 11 is 0. The topological polar surface area (TPSA) is 94.8 Å². The average Bonchev–Trinajstić information content (AvgIpc) is 3.31. The van der Waals surface area contributed by atoms with Crippen molar-refractivity contribution in [1.29, 1.82) is 0 Å². The number of benzene rings is 1. The summed E-state index contributed by atoms with van der Waals surface area (Å²) in [6.45, 7) is 13.7. The molecule has 0 bridgehead atoms. The van der Waals surface area contributed by atoms with Crippen molar-refractivity contribution in [1.82, 2.24) is 0 Å². The summed E-state index contributed by atoms with van der Waals surface area (Å²) in [4.78, 5) is 23.4. The van der Waals surface area contributed by atoms with Gasteiger partial charge in [-0.25, -0.2) is 0 Å². The van der Waals surface area contributed by atoms with E-state index in [0.717, 1.165) is 19.3 Å². The summed E-state index contributed by atoms with van der Waals surface area (Å²) in [5, 5.41) is 32.4. The van der Waals surface area contributed by atoms with E-state index in [1.54, 1.807) is 0 Å². The third-order valence-electron chi connectivity index (χ3n) is 9.59. The van der Waals surface area contributed by atoms with Gasteiger partial charge in [-0.15, -0.1) is 0 Å². The molecular formula is C28H38O5. The Morgan fingerprint density at radius 3 is 2.09 bits per heavy atom. The summed E-state index contributed by atoms with van der Waals surface area (Å²) < 4.78 is 0. The lowest BCUT2D eigenvalue weighted by molar-refractivity contribution is 0.101. The van der Waals surface area contributed by atoms with Gasteiger partial charge in [0.25, 0.3) is 0 Å². The van der Waals surface area contributed by atoms with E-state index in [0.29, 0.717) is 42.2 Å². The van der Waals surface area contributed by atoms with Gasteiger partial charge in [0.15, 0.2) is 12.6 Å². The first kappa shape index (κ1) is 23.8. The number of fused-ring (bicyclic) bond motifs is 3. The molecule has 0 spiro atoms. The molecule has 0 heterocycles. The van der Waals surface area contributed by atoms with Crippen LogP contribution in [0.5, 0.6) is 17.2 Å². The van der Waals surface area contributed by atoms with Crippen molar-refractivity contribution in [2.24, 2.45) is 40.4 Å². The third kappa shape index (κ3) is 3.25. The van der Waals surface area contributed by atoms with Gasteiger partial charge >= 0.3 is 0 Å². The molecule has 3 aliphatic carbocycles. The minimum atomic E-state index is -0.663. The zero-order valence-electron chi connectivity index (χ0n) is 20.7. The molecular weight excluding hydrogens is 416 g/mol. The quantitative estimate of drug-likeness (QED) is 0.351. The number of aldehydes is 2. The minimum Gasteiger partial charge on any atom is -0.507 e. The molecule has 3 aliphatic rings. The van der Waals surface area contributed by atoms with Crippen LogP contribution in [0.1, 0.15) is 99.4 Å². The maximum atomic E-state index is 11.7. The Hall–Kier alpha value is -2.30. The Balaban J connectivity index is 1.89. The zero-order chi connectivity index (χ0) is 24.5. The van der Waals surface area contributed by atoms with Crippen molar-refractivity contribution in [3.8, 4) is 17.2 Å². The fourth-order valence-corrected chi connectivity index (χ4v) is 7.81. The summed E-state index contributed by atoms with van der Waals surface area (Å²) in [6.07, 6.45) is 6.84. The van der Waals surface area contributed by atoms with Crippen LogP contribution in [0.2, 0.25) is 0 Å². The predicted molar refractivity (Wildman–Crippen MR) is 128 cm³/mol. The Morgan fingerprint density at radius 1 is 1.00 bits per heavy atom. The first-order valence-electron chi connectivity index (χ1n) is 12.3. The Bertz CT molecular complexity index is 985. The van der Waals surface area contributed by atoms with Crippen LogP contribution >= 0.6 is 0 Å². The molecule has 3 N–H and O–H groups in total. The Labute approximate surface area is 196 Å². The van der Waals surface area contributed by atoms with E-state index in [-0.39, 0.29) is 39.9 Å². The van der Waals surface area contributed by atoms with Gasteiger partial charge in [0.1, 0.15) is 17.2 Å². The Morgan fingerprint density at radius 2 is 1.58 bits per heavy atom. The van der Waals surface area contributed by atoms with Crippen molar-refractivity contribution in [3.63, 3.8) is 0 Å². The van der Waals surface area contributed by atoms with Crippen molar-refractivity contribution in [2.75, 3.05) is 0 Å². The van der Waals surface area contributed by atoms with Crippen LogP contribution in [-0.2, 0) is 0 Å². The van der Waals surface area contributed by atoms with Crippen LogP contribution in [0.25, 0.3) is 0 Å². The van der Waals surface area contributed by atoms with E-state index in [4.69, 9.17) is 0 Å². The summed E-state index contributed by atoms with van der Waals surface area (Å²) in [6, 6.07) is 0. The van der Waals surface area contributed by atoms with Crippen LogP contribution in [0, 0.1) is 40.4 Å². The van der Waals surface area contributed by atoms with Gasteiger partial charge in [-0.05, 0) is 72.0 Å². The zero-order valence-corrected chi connectivity index (χ0v) is 20.7. The van der Waals surface area contributed by atoms with Crippen LogP contribution in [0.4, 0.5) is 0 Å². The smallest absolute Gasteiger partial charge is 0.157 e. The molecule has 6 atom stereocenters. The fraction of sp³-hybridized carbons (Fsp3) is 0.643. The fourth-order valence-electron chi connectivity index (χ4n) is 7.81. The number of hydrogen-bond acceptors (Lipinski definition) is 5. The molecule has 0 saturated heterocycles. The molecule has 2 saturated carbocycles. The van der Waals surface area contributed by atoms with E-state index >= 15 is 0 Å². The van der Waals surface area contributed by atoms with Gasteiger partial charge in [-0.2, -0.15) is 0 Å². The first-order chi connectivity index (χ1) is 15.4. The van der Waals surface area contributed by atoms with Crippen LogP contribution in [0.15, 0.2) is 11.6 Å². The van der Waals surface area contributed by atoms with E-state index < -0.39 is 17.2 Å². The van der Waals surface area contributed by atoms with E-state index in [1.807, 2.05) is 0 Å². The molecule has 2 fully saturated rings.